The Morgan fingerprint density at radius 1 is 1.14 bits per heavy atom. The number of rotatable bonds is 8. The second-order valence-electron chi connectivity index (χ2n) is 7.25. The molecule has 0 amide bonds. The first-order valence-electron chi connectivity index (χ1n) is 9.83. The van der Waals surface area contributed by atoms with Gasteiger partial charge in [-0.3, -0.25) is 0 Å². The Bertz CT molecular complexity index is 835. The van der Waals surface area contributed by atoms with Crippen molar-refractivity contribution in [3.63, 3.8) is 0 Å². The van der Waals surface area contributed by atoms with Crippen molar-refractivity contribution in [2.24, 2.45) is 5.92 Å². The summed E-state index contributed by atoms with van der Waals surface area (Å²) >= 11 is 5.57. The van der Waals surface area contributed by atoms with E-state index in [9.17, 15) is 4.79 Å². The van der Waals surface area contributed by atoms with Crippen LogP contribution >= 0.6 is 12.2 Å². The van der Waals surface area contributed by atoms with Crippen LogP contribution in [0.1, 0.15) is 54.7 Å². The largest absolute Gasteiger partial charge is 0.497 e. The summed E-state index contributed by atoms with van der Waals surface area (Å²) in [6, 6.07) is 13.5. The summed E-state index contributed by atoms with van der Waals surface area (Å²) in [7, 11) is 1.66. The highest BCUT2D eigenvalue weighted by Crippen LogP contribution is 2.25. The molecule has 6 heteroatoms. The number of hydrogen-bond acceptors (Lipinski definition) is 4. The molecule has 1 atom stereocenters. The SMILES string of the molecule is CCOC(=O)c1cccc(NC(=S)NC(CC(C)C)c2ccc(OC)cc2)c1C. The fourth-order valence-electron chi connectivity index (χ4n) is 3.10. The van der Waals surface area contributed by atoms with Gasteiger partial charge in [0.15, 0.2) is 5.11 Å². The van der Waals surface area contributed by atoms with E-state index >= 15 is 0 Å². The van der Waals surface area contributed by atoms with Gasteiger partial charge in [0, 0.05) is 5.69 Å². The molecule has 0 saturated carbocycles. The van der Waals surface area contributed by atoms with Crippen LogP contribution < -0.4 is 15.4 Å². The van der Waals surface area contributed by atoms with Crippen molar-refractivity contribution in [2.45, 2.75) is 40.2 Å². The molecule has 0 bridgehead atoms. The van der Waals surface area contributed by atoms with Crippen molar-refractivity contribution in [2.75, 3.05) is 19.0 Å². The lowest BCUT2D eigenvalue weighted by Gasteiger charge is -2.24. The first-order valence-corrected chi connectivity index (χ1v) is 10.2. The maximum absolute atomic E-state index is 12.1. The Kier molecular flexibility index (Phi) is 8.46. The van der Waals surface area contributed by atoms with Crippen LogP contribution in [0.2, 0.25) is 0 Å². The first kappa shape index (κ1) is 22.7. The molecule has 0 aliphatic rings. The second-order valence-corrected chi connectivity index (χ2v) is 7.66. The van der Waals surface area contributed by atoms with E-state index in [1.165, 1.54) is 0 Å². The Morgan fingerprint density at radius 3 is 2.41 bits per heavy atom. The number of esters is 1. The summed E-state index contributed by atoms with van der Waals surface area (Å²) in [5, 5.41) is 7.16. The molecule has 0 spiro atoms. The van der Waals surface area contributed by atoms with E-state index in [2.05, 4.69) is 24.5 Å². The summed E-state index contributed by atoms with van der Waals surface area (Å²) in [6.45, 7) is 8.38. The number of hydrogen-bond donors (Lipinski definition) is 2. The zero-order valence-corrected chi connectivity index (χ0v) is 18.6. The molecule has 0 aliphatic heterocycles. The van der Waals surface area contributed by atoms with Gasteiger partial charge in [-0.2, -0.15) is 0 Å². The van der Waals surface area contributed by atoms with Crippen LogP contribution in [0, 0.1) is 12.8 Å². The second kappa shape index (κ2) is 10.8. The predicted molar refractivity (Wildman–Crippen MR) is 122 cm³/mol. The normalized spacial score (nSPS) is 11.7. The summed E-state index contributed by atoms with van der Waals surface area (Å²) in [4.78, 5) is 12.1. The molecule has 2 N–H and O–H groups in total. The van der Waals surface area contributed by atoms with Gasteiger partial charge in [0.05, 0.1) is 25.3 Å². The van der Waals surface area contributed by atoms with Gasteiger partial charge in [0.25, 0.3) is 0 Å². The molecule has 5 nitrogen and oxygen atoms in total. The zero-order chi connectivity index (χ0) is 21.4. The average Bonchev–Trinajstić information content (AvgIpc) is 2.69. The van der Waals surface area contributed by atoms with Crippen LogP contribution in [-0.2, 0) is 4.74 Å². The van der Waals surface area contributed by atoms with Crippen LogP contribution in [-0.4, -0.2) is 24.8 Å². The van der Waals surface area contributed by atoms with Gasteiger partial charge in [-0.05, 0) is 73.8 Å². The number of carbonyl (C=O) groups is 1. The number of methoxy groups -OCH3 is 1. The number of benzene rings is 2. The highest BCUT2D eigenvalue weighted by molar-refractivity contribution is 7.80. The van der Waals surface area contributed by atoms with Crippen LogP contribution in [0.4, 0.5) is 5.69 Å². The topological polar surface area (TPSA) is 59.6 Å². The Labute approximate surface area is 178 Å². The third-order valence-electron chi connectivity index (χ3n) is 4.61. The summed E-state index contributed by atoms with van der Waals surface area (Å²) < 4.78 is 10.4. The molecule has 0 aromatic heterocycles. The molecular weight excluding hydrogens is 384 g/mol. The number of carbonyl (C=O) groups excluding carboxylic acids is 1. The van der Waals surface area contributed by atoms with Crippen LogP contribution in [0.15, 0.2) is 42.5 Å². The molecule has 0 fully saturated rings. The van der Waals surface area contributed by atoms with E-state index in [1.807, 2.05) is 43.3 Å². The Hall–Kier alpha value is -2.60. The van der Waals surface area contributed by atoms with Gasteiger partial charge in [-0.1, -0.05) is 32.0 Å². The van der Waals surface area contributed by atoms with E-state index in [4.69, 9.17) is 21.7 Å². The number of anilines is 1. The maximum Gasteiger partial charge on any atom is 0.338 e. The molecule has 2 aromatic carbocycles. The zero-order valence-electron chi connectivity index (χ0n) is 17.7. The van der Waals surface area contributed by atoms with E-state index in [0.717, 1.165) is 29.0 Å². The van der Waals surface area contributed by atoms with Gasteiger partial charge < -0.3 is 20.1 Å². The van der Waals surface area contributed by atoms with E-state index in [0.29, 0.717) is 23.2 Å². The van der Waals surface area contributed by atoms with Gasteiger partial charge in [-0.15, -0.1) is 0 Å². The van der Waals surface area contributed by atoms with Gasteiger partial charge in [-0.25, -0.2) is 4.79 Å². The van der Waals surface area contributed by atoms with E-state index in [-0.39, 0.29) is 12.0 Å². The quantitative estimate of drug-likeness (QED) is 0.454. The molecule has 0 radical (unpaired) electrons. The van der Waals surface area contributed by atoms with E-state index < -0.39 is 0 Å². The van der Waals surface area contributed by atoms with Crippen LogP contribution in [0.5, 0.6) is 5.75 Å². The monoisotopic (exact) mass is 414 g/mol. The summed E-state index contributed by atoms with van der Waals surface area (Å²) in [5.74, 6) is 0.985. The van der Waals surface area contributed by atoms with Crippen molar-refractivity contribution in [3.05, 3.63) is 59.2 Å². The van der Waals surface area contributed by atoms with Crippen molar-refractivity contribution < 1.29 is 14.3 Å². The minimum Gasteiger partial charge on any atom is -0.497 e. The summed E-state index contributed by atoms with van der Waals surface area (Å²) in [5.41, 5.74) is 3.26. The van der Waals surface area contributed by atoms with Gasteiger partial charge in [0.2, 0.25) is 0 Å². The number of thiocarbonyl (C=S) groups is 1. The fourth-order valence-corrected chi connectivity index (χ4v) is 3.36. The third kappa shape index (κ3) is 6.46. The average molecular weight is 415 g/mol. The molecule has 2 aromatic rings. The van der Waals surface area contributed by atoms with Crippen molar-refractivity contribution in [1.82, 2.24) is 5.32 Å². The van der Waals surface area contributed by atoms with Crippen molar-refractivity contribution >= 4 is 29.0 Å². The highest BCUT2D eigenvalue weighted by Gasteiger charge is 2.17. The smallest absolute Gasteiger partial charge is 0.338 e. The van der Waals surface area contributed by atoms with Crippen LogP contribution in [0.25, 0.3) is 0 Å². The first-order chi connectivity index (χ1) is 13.8. The number of nitrogens with one attached hydrogen (secondary N) is 2. The van der Waals surface area contributed by atoms with Crippen LogP contribution in [0.3, 0.4) is 0 Å². The molecule has 2 rings (SSSR count). The minimum absolute atomic E-state index is 0.0643. The van der Waals surface area contributed by atoms with Gasteiger partial charge >= 0.3 is 5.97 Å². The van der Waals surface area contributed by atoms with Crippen molar-refractivity contribution in [1.29, 1.82) is 0 Å². The molecule has 156 valence electrons. The molecule has 29 heavy (non-hydrogen) atoms. The lowest BCUT2D eigenvalue weighted by atomic mass is 9.97. The molecular formula is C23H30N2O3S. The lowest BCUT2D eigenvalue weighted by Crippen LogP contribution is -2.33. The number of ether oxygens (including phenoxy) is 2. The van der Waals surface area contributed by atoms with Gasteiger partial charge in [0.1, 0.15) is 5.75 Å². The maximum atomic E-state index is 12.1. The molecule has 0 heterocycles. The molecule has 0 saturated heterocycles. The molecule has 0 aliphatic carbocycles. The Balaban J connectivity index is 2.15. The lowest BCUT2D eigenvalue weighted by molar-refractivity contribution is 0.0525. The van der Waals surface area contributed by atoms with Crippen molar-refractivity contribution in [3.8, 4) is 5.75 Å². The minimum atomic E-state index is -0.330. The summed E-state index contributed by atoms with van der Waals surface area (Å²) in [6.07, 6.45) is 0.927. The Morgan fingerprint density at radius 2 is 1.83 bits per heavy atom. The fraction of sp³-hybridized carbons (Fsp3) is 0.391. The van der Waals surface area contributed by atoms with E-state index in [1.54, 1.807) is 20.1 Å². The molecule has 1 unspecified atom stereocenters. The standard InChI is InChI=1S/C23H30N2O3S/c1-6-28-22(26)19-8-7-9-20(16(19)4)24-23(29)25-21(14-15(2)3)17-10-12-18(27-5)13-11-17/h7-13,15,21H,6,14H2,1-5H3,(H2,24,25,29). The third-order valence-corrected chi connectivity index (χ3v) is 4.83. The highest BCUT2D eigenvalue weighted by atomic mass is 32.1. The predicted octanol–water partition coefficient (Wildman–Crippen LogP) is 5.25.